The molecule has 1 aromatic heterocycles. The van der Waals surface area contributed by atoms with Gasteiger partial charge in [-0.05, 0) is 62.2 Å². The monoisotopic (exact) mass is 437 g/mol. The van der Waals surface area contributed by atoms with Crippen LogP contribution in [-0.4, -0.2) is 21.4 Å². The standard InChI is InChI=1S/C24H21ClFN3O2/c1-14-5-4-6-17(9-14)13-28-23(30)22(27-24(28)31)11-18-10-15(2)29(16(18)3)19-7-8-21(26)20(25)12-19/h4-12H,13H2,1-3H3,(H,27,31)/b22-11+. The highest BCUT2D eigenvalue weighted by Crippen LogP contribution is 2.26. The number of aryl methyl sites for hydroxylation is 2. The number of hydrogen-bond acceptors (Lipinski definition) is 2. The van der Waals surface area contributed by atoms with Crippen LogP contribution in [0.2, 0.25) is 5.02 Å². The topological polar surface area (TPSA) is 54.3 Å². The van der Waals surface area contributed by atoms with Crippen LogP contribution in [-0.2, 0) is 11.3 Å². The van der Waals surface area contributed by atoms with Crippen molar-refractivity contribution in [2.45, 2.75) is 27.3 Å². The molecule has 0 spiro atoms. The lowest BCUT2D eigenvalue weighted by Gasteiger charge is -2.12. The van der Waals surface area contributed by atoms with Gasteiger partial charge < -0.3 is 9.88 Å². The summed E-state index contributed by atoms with van der Waals surface area (Å²) in [5.41, 5.74) is 5.39. The molecular weight excluding hydrogens is 417 g/mol. The second kappa shape index (κ2) is 8.04. The Kier molecular flexibility index (Phi) is 5.41. The minimum absolute atomic E-state index is 0.0370. The molecule has 1 aliphatic rings. The van der Waals surface area contributed by atoms with Crippen LogP contribution in [0.4, 0.5) is 9.18 Å². The molecule has 0 radical (unpaired) electrons. The summed E-state index contributed by atoms with van der Waals surface area (Å²) in [6.45, 7) is 5.97. The highest BCUT2D eigenvalue weighted by atomic mass is 35.5. The molecule has 158 valence electrons. The van der Waals surface area contributed by atoms with Crippen LogP contribution in [0, 0.1) is 26.6 Å². The zero-order valence-corrected chi connectivity index (χ0v) is 18.1. The van der Waals surface area contributed by atoms with E-state index in [1.165, 1.54) is 11.0 Å². The van der Waals surface area contributed by atoms with Crippen molar-refractivity contribution in [3.05, 3.63) is 93.1 Å². The molecule has 5 nitrogen and oxygen atoms in total. The number of carbonyl (C=O) groups excluding carboxylic acids is 2. The number of carbonyl (C=O) groups is 2. The largest absolute Gasteiger partial charge is 0.329 e. The van der Waals surface area contributed by atoms with E-state index >= 15 is 0 Å². The number of benzene rings is 2. The van der Waals surface area contributed by atoms with Crippen molar-refractivity contribution in [3.63, 3.8) is 0 Å². The SMILES string of the molecule is Cc1cccc(CN2C(=O)N/C(=C/c3cc(C)n(-c4ccc(F)c(Cl)c4)c3C)C2=O)c1. The van der Waals surface area contributed by atoms with E-state index in [0.717, 1.165) is 28.1 Å². The third-order valence-corrected chi connectivity index (χ3v) is 5.61. The van der Waals surface area contributed by atoms with Crippen molar-refractivity contribution in [1.82, 2.24) is 14.8 Å². The molecule has 0 unspecified atom stereocenters. The summed E-state index contributed by atoms with van der Waals surface area (Å²) in [6, 6.07) is 13.7. The summed E-state index contributed by atoms with van der Waals surface area (Å²) >= 11 is 5.94. The molecule has 0 aliphatic carbocycles. The summed E-state index contributed by atoms with van der Waals surface area (Å²) in [5, 5.41) is 2.70. The summed E-state index contributed by atoms with van der Waals surface area (Å²) in [4.78, 5) is 26.5. The Labute approximate surface area is 184 Å². The molecule has 1 saturated heterocycles. The van der Waals surface area contributed by atoms with Crippen LogP contribution in [0.25, 0.3) is 11.8 Å². The van der Waals surface area contributed by atoms with E-state index in [0.29, 0.717) is 5.69 Å². The van der Waals surface area contributed by atoms with Gasteiger partial charge in [0.25, 0.3) is 5.91 Å². The number of amides is 3. The van der Waals surface area contributed by atoms with Crippen LogP contribution >= 0.6 is 11.6 Å². The van der Waals surface area contributed by atoms with Gasteiger partial charge in [-0.2, -0.15) is 0 Å². The van der Waals surface area contributed by atoms with Crippen molar-refractivity contribution >= 4 is 29.6 Å². The zero-order chi connectivity index (χ0) is 22.3. The Balaban J connectivity index is 1.64. The fourth-order valence-electron chi connectivity index (χ4n) is 3.82. The molecule has 2 aromatic carbocycles. The van der Waals surface area contributed by atoms with E-state index < -0.39 is 11.8 Å². The summed E-state index contributed by atoms with van der Waals surface area (Å²) in [6.07, 6.45) is 1.67. The molecule has 0 saturated carbocycles. The Morgan fingerprint density at radius 1 is 1.06 bits per heavy atom. The number of nitrogens with zero attached hydrogens (tertiary/aromatic N) is 2. The number of rotatable bonds is 4. The smallest absolute Gasteiger partial charge is 0.318 e. The Morgan fingerprint density at radius 3 is 2.55 bits per heavy atom. The molecular formula is C24H21ClFN3O2. The minimum atomic E-state index is -0.483. The average molecular weight is 438 g/mol. The summed E-state index contributed by atoms with van der Waals surface area (Å²) in [7, 11) is 0. The van der Waals surface area contributed by atoms with Crippen LogP contribution < -0.4 is 5.32 Å². The van der Waals surface area contributed by atoms with E-state index in [4.69, 9.17) is 11.6 Å². The first-order valence-electron chi connectivity index (χ1n) is 9.79. The molecule has 7 heteroatoms. The molecule has 2 heterocycles. The summed E-state index contributed by atoms with van der Waals surface area (Å²) in [5.74, 6) is -0.857. The minimum Gasteiger partial charge on any atom is -0.318 e. The van der Waals surface area contributed by atoms with E-state index in [9.17, 15) is 14.0 Å². The Bertz CT molecular complexity index is 1250. The Hall–Kier alpha value is -3.38. The lowest BCUT2D eigenvalue weighted by atomic mass is 10.1. The molecule has 0 bridgehead atoms. The van der Waals surface area contributed by atoms with Crippen LogP contribution in [0.5, 0.6) is 0 Å². The average Bonchev–Trinajstić information content (AvgIpc) is 3.14. The molecule has 3 aromatic rings. The first-order valence-corrected chi connectivity index (χ1v) is 10.2. The molecule has 31 heavy (non-hydrogen) atoms. The van der Waals surface area contributed by atoms with Gasteiger partial charge in [0.05, 0.1) is 11.6 Å². The van der Waals surface area contributed by atoms with Crippen molar-refractivity contribution in [2.24, 2.45) is 0 Å². The van der Waals surface area contributed by atoms with Gasteiger partial charge in [0, 0.05) is 17.1 Å². The van der Waals surface area contributed by atoms with E-state index in [1.54, 1.807) is 18.2 Å². The lowest BCUT2D eigenvalue weighted by Crippen LogP contribution is -2.30. The van der Waals surface area contributed by atoms with E-state index in [1.807, 2.05) is 55.7 Å². The summed E-state index contributed by atoms with van der Waals surface area (Å²) < 4.78 is 15.5. The molecule has 3 amide bonds. The second-order valence-electron chi connectivity index (χ2n) is 7.63. The third-order valence-electron chi connectivity index (χ3n) is 5.32. The number of halogens is 2. The predicted octanol–water partition coefficient (Wildman–Crippen LogP) is 5.29. The zero-order valence-electron chi connectivity index (χ0n) is 17.4. The van der Waals surface area contributed by atoms with Crippen molar-refractivity contribution in [2.75, 3.05) is 0 Å². The van der Waals surface area contributed by atoms with Gasteiger partial charge in [-0.1, -0.05) is 41.4 Å². The fourth-order valence-corrected chi connectivity index (χ4v) is 3.99. The van der Waals surface area contributed by atoms with Gasteiger partial charge in [0.2, 0.25) is 0 Å². The quantitative estimate of drug-likeness (QED) is 0.445. The van der Waals surface area contributed by atoms with Crippen molar-refractivity contribution in [1.29, 1.82) is 0 Å². The molecule has 1 N–H and O–H groups in total. The van der Waals surface area contributed by atoms with Gasteiger partial charge in [0.15, 0.2) is 0 Å². The van der Waals surface area contributed by atoms with Gasteiger partial charge in [-0.15, -0.1) is 0 Å². The van der Waals surface area contributed by atoms with E-state index in [2.05, 4.69) is 5.32 Å². The van der Waals surface area contributed by atoms with Gasteiger partial charge >= 0.3 is 6.03 Å². The number of aromatic nitrogens is 1. The number of hydrogen-bond donors (Lipinski definition) is 1. The molecule has 1 aliphatic heterocycles. The predicted molar refractivity (Wildman–Crippen MR) is 118 cm³/mol. The number of imide groups is 1. The lowest BCUT2D eigenvalue weighted by molar-refractivity contribution is -0.123. The van der Waals surface area contributed by atoms with Gasteiger partial charge in [-0.25, -0.2) is 9.18 Å². The van der Waals surface area contributed by atoms with Crippen molar-refractivity contribution < 1.29 is 14.0 Å². The van der Waals surface area contributed by atoms with Gasteiger partial charge in [0.1, 0.15) is 11.5 Å². The molecule has 0 atom stereocenters. The molecule has 1 fully saturated rings. The Morgan fingerprint density at radius 2 is 1.84 bits per heavy atom. The van der Waals surface area contributed by atoms with Crippen molar-refractivity contribution in [3.8, 4) is 5.69 Å². The van der Waals surface area contributed by atoms with E-state index in [-0.39, 0.29) is 23.2 Å². The first-order chi connectivity index (χ1) is 14.7. The number of urea groups is 1. The van der Waals surface area contributed by atoms with Crippen LogP contribution in [0.1, 0.15) is 28.1 Å². The maximum Gasteiger partial charge on any atom is 0.329 e. The highest BCUT2D eigenvalue weighted by molar-refractivity contribution is 6.30. The third kappa shape index (κ3) is 3.99. The second-order valence-corrected chi connectivity index (χ2v) is 8.04. The highest BCUT2D eigenvalue weighted by Gasteiger charge is 2.33. The van der Waals surface area contributed by atoms with Crippen LogP contribution in [0.15, 0.2) is 54.2 Å². The first kappa shape index (κ1) is 20.9. The molecule has 4 rings (SSSR count). The maximum atomic E-state index is 13.6. The fraction of sp³-hybridized carbons (Fsp3) is 0.167. The van der Waals surface area contributed by atoms with Gasteiger partial charge in [-0.3, -0.25) is 9.69 Å². The number of nitrogens with one attached hydrogen (secondary N) is 1. The normalized spacial score (nSPS) is 15.1. The van der Waals surface area contributed by atoms with Crippen LogP contribution in [0.3, 0.4) is 0 Å². The maximum absolute atomic E-state index is 13.6.